The molecule has 0 amide bonds. The summed E-state index contributed by atoms with van der Waals surface area (Å²) in [6.45, 7) is 2.36. The minimum absolute atomic E-state index is 0.107. The van der Waals surface area contributed by atoms with Gasteiger partial charge in [0.05, 0.1) is 28.3 Å². The third-order valence-corrected chi connectivity index (χ3v) is 9.38. The normalized spacial score (nSPS) is 26.7. The van der Waals surface area contributed by atoms with E-state index >= 15 is 0 Å². The van der Waals surface area contributed by atoms with E-state index in [1.165, 1.54) is 18.6 Å². The van der Waals surface area contributed by atoms with E-state index in [1.807, 2.05) is 6.92 Å². The molecule has 1 aromatic rings. The van der Waals surface area contributed by atoms with E-state index in [-0.39, 0.29) is 22.4 Å². The Morgan fingerprint density at radius 2 is 1.73 bits per heavy atom. The fraction of sp³-hybridized carbons (Fsp3) is 0.667. The summed E-state index contributed by atoms with van der Waals surface area (Å²) in [7, 11) is -7.11. The molecule has 1 saturated heterocycles. The lowest BCUT2D eigenvalue weighted by Crippen LogP contribution is -2.48. The van der Waals surface area contributed by atoms with Crippen molar-refractivity contribution in [2.24, 2.45) is 0 Å². The Kier molecular flexibility index (Phi) is 5.94. The Bertz CT molecular complexity index is 812. The summed E-state index contributed by atoms with van der Waals surface area (Å²) in [6.07, 6.45) is 5.36. The van der Waals surface area contributed by atoms with Gasteiger partial charge in [0.1, 0.15) is 5.75 Å². The molecule has 0 spiro atoms. The second kappa shape index (κ2) is 7.86. The molecule has 1 N–H and O–H groups in total. The molecular weight excluding hydrogens is 374 g/mol. The summed E-state index contributed by atoms with van der Waals surface area (Å²) in [6, 6.07) is 5.90. The Labute approximate surface area is 156 Å². The quantitative estimate of drug-likeness (QED) is 0.784. The number of nitrogens with one attached hydrogen (secondary N) is 1. The van der Waals surface area contributed by atoms with Crippen LogP contribution < -0.4 is 10.1 Å². The van der Waals surface area contributed by atoms with E-state index in [1.54, 1.807) is 12.1 Å². The summed E-state index contributed by atoms with van der Waals surface area (Å²) in [5.74, 6) is 0.180. The molecule has 1 aromatic carbocycles. The zero-order valence-corrected chi connectivity index (χ0v) is 16.7. The molecule has 2 fully saturated rings. The summed E-state index contributed by atoms with van der Waals surface area (Å²) in [4.78, 5) is 0.151. The van der Waals surface area contributed by atoms with Gasteiger partial charge in [-0.3, -0.25) is 0 Å². The lowest BCUT2D eigenvalue weighted by Gasteiger charge is -2.28. The molecule has 26 heavy (non-hydrogen) atoms. The summed E-state index contributed by atoms with van der Waals surface area (Å²) in [5.41, 5.74) is 0. The largest absolute Gasteiger partial charge is 0.494 e. The molecule has 2 aliphatic rings. The van der Waals surface area contributed by atoms with E-state index in [2.05, 4.69) is 5.32 Å². The smallest absolute Gasteiger partial charge is 0.183 e. The average molecular weight is 402 g/mol. The van der Waals surface area contributed by atoms with Gasteiger partial charge in [-0.15, -0.1) is 0 Å². The summed E-state index contributed by atoms with van der Waals surface area (Å²) >= 11 is 0. The Morgan fingerprint density at radius 1 is 1.08 bits per heavy atom. The van der Waals surface area contributed by atoms with Crippen LogP contribution in [-0.4, -0.2) is 52.3 Å². The lowest BCUT2D eigenvalue weighted by molar-refractivity contribution is 0.340. The first-order valence-electron chi connectivity index (χ1n) is 9.25. The Balaban J connectivity index is 1.82. The first-order chi connectivity index (χ1) is 12.3. The summed E-state index contributed by atoms with van der Waals surface area (Å²) in [5, 5.41) is 2.41. The van der Waals surface area contributed by atoms with Crippen LogP contribution in [-0.2, 0) is 19.7 Å². The molecule has 6 nitrogen and oxygen atoms in total. The van der Waals surface area contributed by atoms with Crippen LogP contribution in [0.3, 0.4) is 0 Å². The van der Waals surface area contributed by atoms with E-state index in [9.17, 15) is 16.8 Å². The van der Waals surface area contributed by atoms with Gasteiger partial charge in [0.15, 0.2) is 19.7 Å². The van der Waals surface area contributed by atoms with Gasteiger partial charge in [-0.25, -0.2) is 16.8 Å². The van der Waals surface area contributed by atoms with Crippen LogP contribution in [0.4, 0.5) is 0 Å². The van der Waals surface area contributed by atoms with Gasteiger partial charge >= 0.3 is 0 Å². The molecular formula is C18H27NO5S2. The van der Waals surface area contributed by atoms with Crippen molar-refractivity contribution in [1.82, 2.24) is 5.32 Å². The van der Waals surface area contributed by atoms with Crippen LogP contribution >= 0.6 is 0 Å². The molecule has 0 bridgehead atoms. The molecule has 2 unspecified atom stereocenters. The van der Waals surface area contributed by atoms with Gasteiger partial charge in [0.25, 0.3) is 0 Å². The van der Waals surface area contributed by atoms with Gasteiger partial charge < -0.3 is 10.1 Å². The van der Waals surface area contributed by atoms with Crippen LogP contribution in [0.5, 0.6) is 5.75 Å². The first kappa shape index (κ1) is 19.6. The Hall–Kier alpha value is -1.12. The number of ether oxygens (including phenoxy) is 1. The maximum Gasteiger partial charge on any atom is 0.183 e. The standard InChI is InChI=1S/C18H27NO5S2/c1-2-24-15-8-10-16(11-9-15)26(22,23)18-13-25(20,21)12-17(18)19-14-6-4-3-5-7-14/h8-11,14,17-19H,2-7,12-13H2,1H3. The van der Waals surface area contributed by atoms with Crippen molar-refractivity contribution in [2.45, 2.75) is 61.3 Å². The van der Waals surface area contributed by atoms with Crippen molar-refractivity contribution in [3.8, 4) is 5.75 Å². The van der Waals surface area contributed by atoms with Crippen LogP contribution in [0.15, 0.2) is 29.2 Å². The van der Waals surface area contributed by atoms with E-state index in [4.69, 9.17) is 4.74 Å². The molecule has 8 heteroatoms. The number of hydrogen-bond donors (Lipinski definition) is 1. The van der Waals surface area contributed by atoms with Crippen LogP contribution in [0.2, 0.25) is 0 Å². The maximum absolute atomic E-state index is 13.1. The highest BCUT2D eigenvalue weighted by Crippen LogP contribution is 2.29. The molecule has 0 aromatic heterocycles. The predicted molar refractivity (Wildman–Crippen MR) is 101 cm³/mol. The number of rotatable bonds is 6. The number of hydrogen-bond acceptors (Lipinski definition) is 6. The van der Waals surface area contributed by atoms with Crippen LogP contribution in [0, 0.1) is 0 Å². The second-order valence-corrected chi connectivity index (χ2v) is 11.5. The van der Waals surface area contributed by atoms with Gasteiger partial charge in [-0.05, 0) is 44.0 Å². The number of sulfone groups is 2. The van der Waals surface area contributed by atoms with E-state index < -0.39 is 31.0 Å². The van der Waals surface area contributed by atoms with Gasteiger partial charge in [-0.2, -0.15) is 0 Å². The minimum atomic E-state index is -3.74. The average Bonchev–Trinajstić information content (AvgIpc) is 2.92. The monoisotopic (exact) mass is 401 g/mol. The van der Waals surface area contributed by atoms with Crippen molar-refractivity contribution in [3.63, 3.8) is 0 Å². The van der Waals surface area contributed by atoms with Crippen molar-refractivity contribution in [1.29, 1.82) is 0 Å². The lowest BCUT2D eigenvalue weighted by atomic mass is 9.95. The highest BCUT2D eigenvalue weighted by Gasteiger charge is 2.46. The van der Waals surface area contributed by atoms with Crippen molar-refractivity contribution < 1.29 is 21.6 Å². The molecule has 1 aliphatic carbocycles. The molecule has 0 radical (unpaired) electrons. The van der Waals surface area contributed by atoms with Crippen molar-refractivity contribution >= 4 is 19.7 Å². The SMILES string of the molecule is CCOc1ccc(S(=O)(=O)C2CS(=O)(=O)CC2NC2CCCCC2)cc1. The first-order valence-corrected chi connectivity index (χ1v) is 12.6. The third kappa shape index (κ3) is 4.40. The Morgan fingerprint density at radius 3 is 2.35 bits per heavy atom. The van der Waals surface area contributed by atoms with Gasteiger partial charge in [0.2, 0.25) is 0 Å². The van der Waals surface area contributed by atoms with E-state index in [0.29, 0.717) is 12.4 Å². The highest BCUT2D eigenvalue weighted by molar-refractivity contribution is 7.96. The summed E-state index contributed by atoms with van der Waals surface area (Å²) < 4.78 is 55.9. The molecule has 1 aliphatic heterocycles. The fourth-order valence-corrected chi connectivity index (χ4v) is 8.59. The van der Waals surface area contributed by atoms with Crippen LogP contribution in [0.1, 0.15) is 39.0 Å². The predicted octanol–water partition coefficient (Wildman–Crippen LogP) is 1.95. The van der Waals surface area contributed by atoms with Gasteiger partial charge in [0, 0.05) is 12.1 Å². The minimum Gasteiger partial charge on any atom is -0.494 e. The second-order valence-electron chi connectivity index (χ2n) is 7.17. The van der Waals surface area contributed by atoms with Crippen molar-refractivity contribution in [2.75, 3.05) is 18.1 Å². The molecule has 146 valence electrons. The molecule has 1 saturated carbocycles. The van der Waals surface area contributed by atoms with E-state index in [0.717, 1.165) is 25.7 Å². The van der Waals surface area contributed by atoms with Crippen molar-refractivity contribution in [3.05, 3.63) is 24.3 Å². The third-order valence-electron chi connectivity index (χ3n) is 5.22. The van der Waals surface area contributed by atoms with Gasteiger partial charge in [-0.1, -0.05) is 19.3 Å². The number of benzene rings is 1. The molecule has 3 rings (SSSR count). The molecule has 2 atom stereocenters. The van der Waals surface area contributed by atoms with Crippen LogP contribution in [0.25, 0.3) is 0 Å². The zero-order chi connectivity index (χ0) is 18.8. The fourth-order valence-electron chi connectivity index (χ4n) is 3.92. The topological polar surface area (TPSA) is 89.5 Å². The maximum atomic E-state index is 13.1. The zero-order valence-electron chi connectivity index (χ0n) is 15.1. The highest BCUT2D eigenvalue weighted by atomic mass is 32.2. The molecule has 1 heterocycles.